The van der Waals surface area contributed by atoms with Crippen molar-refractivity contribution in [1.82, 2.24) is 14.9 Å². The summed E-state index contributed by atoms with van der Waals surface area (Å²) in [6.45, 7) is 4.25. The molecular formula is C13H21N5O. The van der Waals surface area contributed by atoms with Gasteiger partial charge in [0.1, 0.15) is 0 Å². The summed E-state index contributed by atoms with van der Waals surface area (Å²) in [5.74, 6) is 0.763. The zero-order valence-electron chi connectivity index (χ0n) is 11.2. The topological polar surface area (TPSA) is 84.1 Å². The third-order valence-corrected chi connectivity index (χ3v) is 3.47. The van der Waals surface area contributed by atoms with Crippen LogP contribution in [-0.4, -0.2) is 46.5 Å². The fourth-order valence-corrected chi connectivity index (χ4v) is 2.40. The summed E-state index contributed by atoms with van der Waals surface area (Å²) < 4.78 is 0. The number of amides is 1. The van der Waals surface area contributed by atoms with Crippen LogP contribution in [0.5, 0.6) is 0 Å². The monoisotopic (exact) mass is 263 g/mol. The summed E-state index contributed by atoms with van der Waals surface area (Å²) in [7, 11) is 0. The van der Waals surface area contributed by atoms with Crippen molar-refractivity contribution in [3.05, 3.63) is 18.5 Å². The van der Waals surface area contributed by atoms with E-state index in [-0.39, 0.29) is 11.9 Å². The standard InChI is InChI=1S/C13H21N5O/c1-10(14)11-4-2-7-18(8-11)9-12(19)17-13-15-5-3-6-16-13/h3,5-6,10-11H,2,4,7-9,14H2,1H3,(H,15,16,17,19). The Morgan fingerprint density at radius 3 is 3.00 bits per heavy atom. The van der Waals surface area contributed by atoms with Gasteiger partial charge in [-0.1, -0.05) is 0 Å². The second-order valence-corrected chi connectivity index (χ2v) is 5.12. The lowest BCUT2D eigenvalue weighted by molar-refractivity contribution is -0.117. The average Bonchev–Trinajstić information content (AvgIpc) is 2.40. The van der Waals surface area contributed by atoms with Crippen molar-refractivity contribution < 1.29 is 4.79 Å². The minimum Gasteiger partial charge on any atom is -0.328 e. The third kappa shape index (κ3) is 4.25. The Bertz CT molecular complexity index is 409. The number of nitrogens with zero attached hydrogens (tertiary/aromatic N) is 3. The first-order chi connectivity index (χ1) is 9.15. The number of piperidine rings is 1. The third-order valence-electron chi connectivity index (χ3n) is 3.47. The summed E-state index contributed by atoms with van der Waals surface area (Å²) in [6.07, 6.45) is 5.46. The van der Waals surface area contributed by atoms with Crippen molar-refractivity contribution in [2.24, 2.45) is 11.7 Å². The molecule has 1 fully saturated rings. The average molecular weight is 263 g/mol. The van der Waals surface area contributed by atoms with E-state index < -0.39 is 0 Å². The Labute approximate surface area is 113 Å². The summed E-state index contributed by atoms with van der Waals surface area (Å²) in [5.41, 5.74) is 5.94. The number of carbonyl (C=O) groups excluding carboxylic acids is 1. The van der Waals surface area contributed by atoms with Crippen molar-refractivity contribution in [2.75, 3.05) is 25.0 Å². The van der Waals surface area contributed by atoms with Crippen LogP contribution in [0.25, 0.3) is 0 Å². The predicted octanol–water partition coefficient (Wildman–Crippen LogP) is 0.474. The van der Waals surface area contributed by atoms with Gasteiger partial charge in [-0.2, -0.15) is 0 Å². The Morgan fingerprint density at radius 1 is 1.58 bits per heavy atom. The quantitative estimate of drug-likeness (QED) is 0.825. The molecule has 1 aromatic rings. The number of nitrogens with two attached hydrogens (primary N) is 1. The van der Waals surface area contributed by atoms with E-state index in [0.717, 1.165) is 25.9 Å². The molecule has 2 unspecified atom stereocenters. The maximum atomic E-state index is 11.9. The number of hydrogen-bond acceptors (Lipinski definition) is 5. The van der Waals surface area contributed by atoms with Gasteiger partial charge in [0.05, 0.1) is 6.54 Å². The summed E-state index contributed by atoms with van der Waals surface area (Å²) in [5, 5.41) is 2.70. The Morgan fingerprint density at radius 2 is 2.32 bits per heavy atom. The zero-order valence-corrected chi connectivity index (χ0v) is 11.2. The molecule has 0 aromatic carbocycles. The van der Waals surface area contributed by atoms with Gasteiger partial charge < -0.3 is 5.73 Å². The van der Waals surface area contributed by atoms with Gasteiger partial charge in [-0.15, -0.1) is 0 Å². The minimum atomic E-state index is -0.0727. The molecule has 1 aliphatic rings. The van der Waals surface area contributed by atoms with Gasteiger partial charge in [0, 0.05) is 25.0 Å². The summed E-state index contributed by atoms with van der Waals surface area (Å²) >= 11 is 0. The van der Waals surface area contributed by atoms with Gasteiger partial charge in [0.25, 0.3) is 0 Å². The van der Waals surface area contributed by atoms with E-state index in [4.69, 9.17) is 5.73 Å². The van der Waals surface area contributed by atoms with Gasteiger partial charge in [-0.25, -0.2) is 9.97 Å². The maximum Gasteiger partial charge on any atom is 0.240 e. The molecule has 1 aliphatic heterocycles. The van der Waals surface area contributed by atoms with Crippen LogP contribution in [-0.2, 0) is 4.79 Å². The molecule has 6 heteroatoms. The smallest absolute Gasteiger partial charge is 0.240 e. The first-order valence-corrected chi connectivity index (χ1v) is 6.70. The molecule has 104 valence electrons. The normalized spacial score (nSPS) is 21.9. The largest absolute Gasteiger partial charge is 0.328 e. The molecule has 0 saturated carbocycles. The second-order valence-electron chi connectivity index (χ2n) is 5.12. The van der Waals surface area contributed by atoms with Crippen LogP contribution in [0.2, 0.25) is 0 Å². The highest BCUT2D eigenvalue weighted by atomic mass is 16.2. The van der Waals surface area contributed by atoms with Crippen LogP contribution in [0.3, 0.4) is 0 Å². The van der Waals surface area contributed by atoms with E-state index in [0.29, 0.717) is 18.4 Å². The highest BCUT2D eigenvalue weighted by molar-refractivity contribution is 5.90. The second kappa shape index (κ2) is 6.58. The fourth-order valence-electron chi connectivity index (χ4n) is 2.40. The lowest BCUT2D eigenvalue weighted by atomic mass is 9.92. The molecule has 0 aliphatic carbocycles. The van der Waals surface area contributed by atoms with E-state index in [2.05, 4.69) is 20.2 Å². The van der Waals surface area contributed by atoms with Gasteiger partial charge in [-0.3, -0.25) is 15.0 Å². The van der Waals surface area contributed by atoms with Crippen molar-refractivity contribution in [1.29, 1.82) is 0 Å². The number of nitrogens with one attached hydrogen (secondary N) is 1. The molecular weight excluding hydrogens is 242 g/mol. The van der Waals surface area contributed by atoms with Gasteiger partial charge >= 0.3 is 0 Å². The SMILES string of the molecule is CC(N)C1CCCN(CC(=O)Nc2ncccn2)C1. The highest BCUT2D eigenvalue weighted by Gasteiger charge is 2.23. The van der Waals surface area contributed by atoms with Crippen molar-refractivity contribution in [3.63, 3.8) is 0 Å². The number of rotatable bonds is 4. The molecule has 1 saturated heterocycles. The number of anilines is 1. The van der Waals surface area contributed by atoms with Crippen LogP contribution in [0.15, 0.2) is 18.5 Å². The van der Waals surface area contributed by atoms with Gasteiger partial charge in [0.2, 0.25) is 11.9 Å². The number of likely N-dealkylation sites (tertiary alicyclic amines) is 1. The maximum absolute atomic E-state index is 11.9. The number of hydrogen-bond donors (Lipinski definition) is 2. The highest BCUT2D eigenvalue weighted by Crippen LogP contribution is 2.18. The van der Waals surface area contributed by atoms with Crippen molar-refractivity contribution >= 4 is 11.9 Å². The molecule has 6 nitrogen and oxygen atoms in total. The van der Waals surface area contributed by atoms with E-state index in [1.807, 2.05) is 6.92 Å². The van der Waals surface area contributed by atoms with Crippen molar-refractivity contribution in [3.8, 4) is 0 Å². The first-order valence-electron chi connectivity index (χ1n) is 6.70. The Balaban J connectivity index is 1.82. The van der Waals surface area contributed by atoms with Crippen LogP contribution < -0.4 is 11.1 Å². The van der Waals surface area contributed by atoms with Gasteiger partial charge in [0.15, 0.2) is 0 Å². The van der Waals surface area contributed by atoms with Crippen LogP contribution in [0.1, 0.15) is 19.8 Å². The molecule has 1 amide bonds. The fraction of sp³-hybridized carbons (Fsp3) is 0.615. The lowest BCUT2D eigenvalue weighted by Crippen LogP contribution is -2.45. The molecule has 1 aromatic heterocycles. The number of carbonyl (C=O) groups is 1. The van der Waals surface area contributed by atoms with Crippen LogP contribution >= 0.6 is 0 Å². The molecule has 0 radical (unpaired) electrons. The van der Waals surface area contributed by atoms with Crippen LogP contribution in [0.4, 0.5) is 5.95 Å². The Hall–Kier alpha value is -1.53. The molecule has 0 spiro atoms. The Kier molecular flexibility index (Phi) is 4.81. The summed E-state index contributed by atoms with van der Waals surface area (Å²) in [6, 6.07) is 1.90. The molecule has 3 N–H and O–H groups in total. The number of aromatic nitrogens is 2. The first kappa shape index (κ1) is 13.9. The molecule has 2 atom stereocenters. The van der Waals surface area contributed by atoms with E-state index >= 15 is 0 Å². The van der Waals surface area contributed by atoms with E-state index in [9.17, 15) is 4.79 Å². The molecule has 2 heterocycles. The molecule has 19 heavy (non-hydrogen) atoms. The molecule has 2 rings (SSSR count). The molecule has 0 bridgehead atoms. The van der Waals surface area contributed by atoms with Crippen LogP contribution in [0, 0.1) is 5.92 Å². The summed E-state index contributed by atoms with van der Waals surface area (Å²) in [4.78, 5) is 22.0. The van der Waals surface area contributed by atoms with E-state index in [1.165, 1.54) is 0 Å². The van der Waals surface area contributed by atoms with Gasteiger partial charge in [-0.05, 0) is 38.3 Å². The minimum absolute atomic E-state index is 0.0727. The zero-order chi connectivity index (χ0) is 13.7. The lowest BCUT2D eigenvalue weighted by Gasteiger charge is -2.34. The predicted molar refractivity (Wildman–Crippen MR) is 73.5 cm³/mol. The van der Waals surface area contributed by atoms with E-state index in [1.54, 1.807) is 18.5 Å². The van der Waals surface area contributed by atoms with Crippen molar-refractivity contribution in [2.45, 2.75) is 25.8 Å².